The molecule has 3 aromatic heterocycles. The van der Waals surface area contributed by atoms with Crippen LogP contribution in [0.15, 0.2) is 53.7 Å². The molecule has 44 heavy (non-hydrogen) atoms. The molecule has 12 heteroatoms. The summed E-state index contributed by atoms with van der Waals surface area (Å²) in [5.41, 5.74) is 5.01. The van der Waals surface area contributed by atoms with Crippen LogP contribution in [0.2, 0.25) is 0 Å². The Morgan fingerprint density at radius 2 is 1.84 bits per heavy atom. The van der Waals surface area contributed by atoms with Gasteiger partial charge < -0.3 is 14.9 Å². The zero-order chi connectivity index (χ0) is 29.8. The number of benzene rings is 1. The zero-order valence-corrected chi connectivity index (χ0v) is 25.0. The SMILES string of the molecule is C.C.Cc1ccc([C@@H](CC(=O)O)c2ccn3c(C)nnc3c2C)cc1CN1C[C@H]2CN(C)CCN2c2ncccc2S1(=O)=O. The van der Waals surface area contributed by atoms with Crippen molar-refractivity contribution in [3.8, 4) is 0 Å². The standard InChI is InChI=1S/C30H35N7O4S.2CH4/c1-19-7-8-22(26(15-28(38)39)25-9-11-36-21(3)32-33-29(36)20(25)2)14-23(19)16-35-18-24-17-34(4)12-13-37(24)30-27(42(35,40)41)6-5-10-31-30;;/h5-11,14,24,26H,12-13,15-18H2,1-4H3,(H,38,39);2*1H4/t24-,26-;;/m1../s1. The van der Waals surface area contributed by atoms with E-state index in [1.807, 2.05) is 55.6 Å². The molecule has 236 valence electrons. The molecule has 2 atom stereocenters. The highest BCUT2D eigenvalue weighted by atomic mass is 32.2. The first-order chi connectivity index (χ1) is 20.0. The molecule has 1 N–H and O–H groups in total. The van der Waals surface area contributed by atoms with Crippen molar-refractivity contribution in [2.45, 2.75) is 65.4 Å². The molecule has 6 rings (SSSR count). The molecule has 0 unspecified atom stereocenters. The molecule has 1 saturated heterocycles. The predicted molar refractivity (Wildman–Crippen MR) is 172 cm³/mol. The average molecular weight is 622 g/mol. The zero-order valence-electron chi connectivity index (χ0n) is 24.2. The lowest BCUT2D eigenvalue weighted by Gasteiger charge is -2.40. The summed E-state index contributed by atoms with van der Waals surface area (Å²) in [4.78, 5) is 21.2. The number of sulfonamides is 1. The highest BCUT2D eigenvalue weighted by Gasteiger charge is 2.40. The number of hydrogen-bond acceptors (Lipinski definition) is 8. The van der Waals surface area contributed by atoms with E-state index in [1.54, 1.807) is 22.6 Å². The molecule has 11 nitrogen and oxygen atoms in total. The van der Waals surface area contributed by atoms with E-state index < -0.39 is 21.9 Å². The number of aliphatic carboxylic acids is 1. The van der Waals surface area contributed by atoms with E-state index in [9.17, 15) is 18.3 Å². The normalized spacial score (nSPS) is 18.8. The summed E-state index contributed by atoms with van der Waals surface area (Å²) in [7, 11) is -1.79. The molecular weight excluding hydrogens is 578 g/mol. The third-order valence-corrected chi connectivity index (χ3v) is 10.5. The van der Waals surface area contributed by atoms with Crippen LogP contribution in [0.1, 0.15) is 60.8 Å². The first kappa shape index (κ1) is 33.0. The number of piperazine rings is 1. The van der Waals surface area contributed by atoms with Gasteiger partial charge in [-0.3, -0.25) is 9.20 Å². The summed E-state index contributed by atoms with van der Waals surface area (Å²) in [6.07, 6.45) is 3.41. The molecule has 2 aliphatic heterocycles. The maximum Gasteiger partial charge on any atom is 0.304 e. The highest BCUT2D eigenvalue weighted by molar-refractivity contribution is 7.89. The number of carboxylic acid groups (broad SMARTS) is 1. The van der Waals surface area contributed by atoms with E-state index in [0.29, 0.717) is 24.6 Å². The molecular formula is C32H43N7O4S. The highest BCUT2D eigenvalue weighted by Crippen LogP contribution is 2.36. The van der Waals surface area contributed by atoms with Gasteiger partial charge in [0.05, 0.1) is 12.5 Å². The molecule has 1 aromatic carbocycles. The Morgan fingerprint density at radius 3 is 2.59 bits per heavy atom. The smallest absolute Gasteiger partial charge is 0.304 e. The Morgan fingerprint density at radius 1 is 1.07 bits per heavy atom. The van der Waals surface area contributed by atoms with E-state index >= 15 is 0 Å². The molecule has 0 amide bonds. The van der Waals surface area contributed by atoms with Gasteiger partial charge in [-0.25, -0.2) is 13.4 Å². The largest absolute Gasteiger partial charge is 0.481 e. The van der Waals surface area contributed by atoms with Crippen molar-refractivity contribution in [1.29, 1.82) is 0 Å². The van der Waals surface area contributed by atoms with Crippen LogP contribution in [-0.2, 0) is 21.4 Å². The summed E-state index contributed by atoms with van der Waals surface area (Å²) < 4.78 is 31.6. The number of aryl methyl sites for hydroxylation is 3. The second-order valence-electron chi connectivity index (χ2n) is 11.4. The fourth-order valence-electron chi connectivity index (χ4n) is 6.31. The first-order valence-corrected chi connectivity index (χ1v) is 15.5. The number of anilines is 1. The van der Waals surface area contributed by atoms with Crippen LogP contribution in [0.4, 0.5) is 5.82 Å². The number of fused-ring (bicyclic) bond motifs is 4. The van der Waals surface area contributed by atoms with E-state index in [1.165, 1.54) is 0 Å². The molecule has 0 radical (unpaired) electrons. The van der Waals surface area contributed by atoms with Crippen LogP contribution in [0, 0.1) is 20.8 Å². The van der Waals surface area contributed by atoms with Gasteiger partial charge >= 0.3 is 5.97 Å². The molecule has 5 heterocycles. The van der Waals surface area contributed by atoms with Crippen LogP contribution >= 0.6 is 0 Å². The van der Waals surface area contributed by atoms with E-state index in [2.05, 4.69) is 32.0 Å². The minimum absolute atomic E-state index is 0. The topological polar surface area (TPSA) is 124 Å². The molecule has 0 saturated carbocycles. The lowest BCUT2D eigenvalue weighted by atomic mass is 9.85. The summed E-state index contributed by atoms with van der Waals surface area (Å²) in [6, 6.07) is 11.1. The van der Waals surface area contributed by atoms with Crippen molar-refractivity contribution < 1.29 is 18.3 Å². The molecule has 4 aromatic rings. The maximum absolute atomic E-state index is 14.1. The Labute approximate surface area is 260 Å². The number of carbonyl (C=O) groups is 1. The second kappa shape index (κ2) is 12.6. The predicted octanol–water partition coefficient (Wildman–Crippen LogP) is 4.25. The van der Waals surface area contributed by atoms with Crippen LogP contribution in [0.25, 0.3) is 5.65 Å². The van der Waals surface area contributed by atoms with E-state index in [0.717, 1.165) is 46.7 Å². The number of likely N-dealkylation sites (N-methyl/N-ethyl adjacent to an activating group) is 1. The minimum atomic E-state index is -3.84. The van der Waals surface area contributed by atoms with Crippen molar-refractivity contribution in [1.82, 2.24) is 28.8 Å². The molecule has 2 aliphatic rings. The number of rotatable bonds is 6. The number of aromatic nitrogens is 4. The van der Waals surface area contributed by atoms with Crippen LogP contribution in [0.5, 0.6) is 0 Å². The van der Waals surface area contributed by atoms with Gasteiger partial charge in [0.25, 0.3) is 0 Å². The fourth-order valence-corrected chi connectivity index (χ4v) is 7.91. The minimum Gasteiger partial charge on any atom is -0.481 e. The van der Waals surface area contributed by atoms with Crippen LogP contribution in [0.3, 0.4) is 0 Å². The van der Waals surface area contributed by atoms with E-state index in [4.69, 9.17) is 0 Å². The van der Waals surface area contributed by atoms with Gasteiger partial charge in [0.2, 0.25) is 10.0 Å². The number of nitrogens with zero attached hydrogens (tertiary/aromatic N) is 7. The van der Waals surface area contributed by atoms with Gasteiger partial charge in [-0.1, -0.05) is 33.1 Å². The van der Waals surface area contributed by atoms with Gasteiger partial charge in [0, 0.05) is 51.0 Å². The summed E-state index contributed by atoms with van der Waals surface area (Å²) in [5, 5.41) is 18.4. The van der Waals surface area contributed by atoms with Gasteiger partial charge in [-0.05, 0) is 73.8 Å². The van der Waals surface area contributed by atoms with Crippen LogP contribution < -0.4 is 4.90 Å². The average Bonchev–Trinajstić information content (AvgIpc) is 3.30. The monoisotopic (exact) mass is 621 g/mol. The Bertz CT molecular complexity index is 1790. The fraction of sp³-hybridized carbons (Fsp3) is 0.438. The summed E-state index contributed by atoms with van der Waals surface area (Å²) >= 11 is 0. The van der Waals surface area contributed by atoms with Crippen molar-refractivity contribution in [3.63, 3.8) is 0 Å². The molecule has 0 spiro atoms. The lowest BCUT2D eigenvalue weighted by Crippen LogP contribution is -2.55. The third-order valence-electron chi connectivity index (χ3n) is 8.66. The Hall–Kier alpha value is -3.87. The molecule has 0 aliphatic carbocycles. The quantitative estimate of drug-likeness (QED) is 0.336. The summed E-state index contributed by atoms with van der Waals surface area (Å²) in [6.45, 7) is 8.53. The Kier molecular flexibility index (Phi) is 9.48. The van der Waals surface area contributed by atoms with Crippen LogP contribution in [-0.4, -0.2) is 87.5 Å². The number of pyridine rings is 2. The van der Waals surface area contributed by atoms with Gasteiger partial charge in [0.1, 0.15) is 16.5 Å². The molecule has 1 fully saturated rings. The number of hydrogen-bond donors (Lipinski definition) is 1. The van der Waals surface area contributed by atoms with Crippen molar-refractivity contribution in [2.75, 3.05) is 38.1 Å². The van der Waals surface area contributed by atoms with Crippen molar-refractivity contribution in [2.24, 2.45) is 0 Å². The Balaban J connectivity index is 0.00000221. The van der Waals surface area contributed by atoms with Gasteiger partial charge in [-0.2, -0.15) is 4.31 Å². The maximum atomic E-state index is 14.1. The summed E-state index contributed by atoms with van der Waals surface area (Å²) in [5.74, 6) is -0.0957. The van der Waals surface area contributed by atoms with Crippen molar-refractivity contribution >= 4 is 27.5 Å². The van der Waals surface area contributed by atoms with Gasteiger partial charge in [-0.15, -0.1) is 10.2 Å². The molecule has 0 bridgehead atoms. The number of carboxylic acids is 1. The van der Waals surface area contributed by atoms with Gasteiger partial charge in [0.15, 0.2) is 5.65 Å². The third kappa shape index (κ3) is 5.81. The first-order valence-electron chi connectivity index (χ1n) is 14.1. The second-order valence-corrected chi connectivity index (χ2v) is 13.3. The van der Waals surface area contributed by atoms with E-state index in [-0.39, 0.29) is 38.8 Å². The lowest BCUT2D eigenvalue weighted by molar-refractivity contribution is -0.137. The van der Waals surface area contributed by atoms with Crippen molar-refractivity contribution in [3.05, 3.63) is 82.4 Å².